The number of hydrogen-bond acceptors (Lipinski definition) is 5. The molecule has 6 heteroatoms. The van der Waals surface area contributed by atoms with Gasteiger partial charge in [-0.05, 0) is 5.75 Å². The van der Waals surface area contributed by atoms with E-state index in [1.807, 2.05) is 22.6 Å². The van der Waals surface area contributed by atoms with Gasteiger partial charge in [0.05, 0.1) is 18.8 Å². The summed E-state index contributed by atoms with van der Waals surface area (Å²) in [6, 6.07) is 0. The van der Waals surface area contributed by atoms with Gasteiger partial charge >= 0.3 is 0 Å². The highest BCUT2D eigenvalue weighted by molar-refractivity contribution is 7.99. The van der Waals surface area contributed by atoms with Crippen LogP contribution in [0.3, 0.4) is 0 Å². The summed E-state index contributed by atoms with van der Waals surface area (Å²) in [6.45, 7) is 5.42. The molecule has 0 aliphatic heterocycles. The van der Waals surface area contributed by atoms with Gasteiger partial charge < -0.3 is 10.1 Å². The number of methoxy groups -OCH3 is 1. The molecule has 92 valence electrons. The molecule has 0 fully saturated rings. The zero-order valence-corrected chi connectivity index (χ0v) is 10.8. The Labute approximate surface area is 101 Å². The SMILES string of the molecule is CCSCCn1cc(CNCCOC)nn1. The van der Waals surface area contributed by atoms with Crippen molar-refractivity contribution in [2.24, 2.45) is 0 Å². The summed E-state index contributed by atoms with van der Waals surface area (Å²) in [6.07, 6.45) is 2.00. The van der Waals surface area contributed by atoms with Gasteiger partial charge in [-0.15, -0.1) is 5.10 Å². The lowest BCUT2D eigenvalue weighted by Crippen LogP contribution is -2.18. The molecule has 1 heterocycles. The maximum Gasteiger partial charge on any atom is 0.0964 e. The summed E-state index contributed by atoms with van der Waals surface area (Å²) >= 11 is 1.92. The van der Waals surface area contributed by atoms with Crippen LogP contribution in [0.2, 0.25) is 0 Å². The fourth-order valence-corrected chi connectivity index (χ4v) is 1.83. The summed E-state index contributed by atoms with van der Waals surface area (Å²) in [5.41, 5.74) is 0.984. The largest absolute Gasteiger partial charge is 0.383 e. The molecule has 1 N–H and O–H groups in total. The van der Waals surface area contributed by atoms with Crippen LogP contribution in [0.15, 0.2) is 6.20 Å². The van der Waals surface area contributed by atoms with Crippen LogP contribution in [-0.4, -0.2) is 46.8 Å². The summed E-state index contributed by atoms with van der Waals surface area (Å²) in [5.74, 6) is 2.25. The zero-order valence-electron chi connectivity index (χ0n) is 9.98. The average molecular weight is 244 g/mol. The molecule has 0 radical (unpaired) electrons. The molecule has 0 aromatic carbocycles. The van der Waals surface area contributed by atoms with Gasteiger partial charge in [0.2, 0.25) is 0 Å². The third-order valence-corrected chi connectivity index (χ3v) is 2.92. The second-order valence-corrected chi connectivity index (χ2v) is 4.73. The van der Waals surface area contributed by atoms with Gasteiger partial charge in [0.1, 0.15) is 0 Å². The van der Waals surface area contributed by atoms with Crippen LogP contribution in [-0.2, 0) is 17.8 Å². The molecular formula is C10H20N4OS. The molecule has 1 aromatic rings. The Morgan fingerprint density at radius 2 is 2.44 bits per heavy atom. The number of aromatic nitrogens is 3. The minimum atomic E-state index is 0.723. The van der Waals surface area contributed by atoms with Gasteiger partial charge in [-0.1, -0.05) is 12.1 Å². The summed E-state index contributed by atoms with van der Waals surface area (Å²) in [7, 11) is 1.70. The van der Waals surface area contributed by atoms with Gasteiger partial charge in [0.25, 0.3) is 0 Å². The highest BCUT2D eigenvalue weighted by atomic mass is 32.2. The molecule has 0 unspecified atom stereocenters. The highest BCUT2D eigenvalue weighted by Crippen LogP contribution is 2.00. The van der Waals surface area contributed by atoms with Crippen LogP contribution < -0.4 is 5.32 Å². The Bertz CT molecular complexity index is 280. The van der Waals surface area contributed by atoms with Crippen molar-refractivity contribution in [2.45, 2.75) is 20.0 Å². The average Bonchev–Trinajstić information content (AvgIpc) is 2.73. The van der Waals surface area contributed by atoms with E-state index in [1.165, 1.54) is 0 Å². The maximum atomic E-state index is 4.94. The number of nitrogens with one attached hydrogen (secondary N) is 1. The lowest BCUT2D eigenvalue weighted by Gasteiger charge is -2.00. The molecule has 5 nitrogen and oxygen atoms in total. The van der Waals surface area contributed by atoms with E-state index in [-0.39, 0.29) is 0 Å². The maximum absolute atomic E-state index is 4.94. The van der Waals surface area contributed by atoms with Crippen molar-refractivity contribution in [1.29, 1.82) is 0 Å². The van der Waals surface area contributed by atoms with Crippen LogP contribution in [0.25, 0.3) is 0 Å². The van der Waals surface area contributed by atoms with Crippen LogP contribution >= 0.6 is 11.8 Å². The van der Waals surface area contributed by atoms with E-state index in [4.69, 9.17) is 4.74 Å². The number of nitrogens with zero attached hydrogens (tertiary/aromatic N) is 3. The molecular weight excluding hydrogens is 224 g/mol. The van der Waals surface area contributed by atoms with E-state index < -0.39 is 0 Å². The van der Waals surface area contributed by atoms with E-state index in [0.717, 1.165) is 43.4 Å². The summed E-state index contributed by atoms with van der Waals surface area (Å²) in [4.78, 5) is 0. The van der Waals surface area contributed by atoms with Gasteiger partial charge in [0, 0.05) is 32.1 Å². The molecule has 0 atom stereocenters. The molecule has 0 saturated heterocycles. The van der Waals surface area contributed by atoms with Crippen molar-refractivity contribution in [3.63, 3.8) is 0 Å². The normalized spacial score (nSPS) is 10.9. The van der Waals surface area contributed by atoms with Crippen molar-refractivity contribution in [3.8, 4) is 0 Å². The van der Waals surface area contributed by atoms with E-state index >= 15 is 0 Å². The Balaban J connectivity index is 2.17. The van der Waals surface area contributed by atoms with E-state index in [1.54, 1.807) is 7.11 Å². The number of aryl methyl sites for hydroxylation is 1. The van der Waals surface area contributed by atoms with Crippen molar-refractivity contribution in [2.75, 3.05) is 31.8 Å². The van der Waals surface area contributed by atoms with Crippen LogP contribution in [0.1, 0.15) is 12.6 Å². The van der Waals surface area contributed by atoms with Gasteiger partial charge in [-0.25, -0.2) is 0 Å². The van der Waals surface area contributed by atoms with E-state index in [2.05, 4.69) is 22.6 Å². The van der Waals surface area contributed by atoms with E-state index in [0.29, 0.717) is 0 Å². The molecule has 16 heavy (non-hydrogen) atoms. The van der Waals surface area contributed by atoms with Gasteiger partial charge in [-0.2, -0.15) is 11.8 Å². The summed E-state index contributed by atoms with van der Waals surface area (Å²) in [5, 5.41) is 11.4. The second kappa shape index (κ2) is 8.55. The first-order chi connectivity index (χ1) is 7.86. The standard InChI is InChI=1S/C10H20N4OS/c1-3-16-7-5-14-9-10(12-13-14)8-11-4-6-15-2/h9,11H,3-8H2,1-2H3. The first kappa shape index (κ1) is 13.5. The number of thioether (sulfide) groups is 1. The summed E-state index contributed by atoms with van der Waals surface area (Å²) < 4.78 is 6.84. The number of rotatable bonds is 9. The van der Waals surface area contributed by atoms with Crippen LogP contribution in [0.5, 0.6) is 0 Å². The first-order valence-corrected chi connectivity index (χ1v) is 6.68. The Morgan fingerprint density at radius 3 is 3.19 bits per heavy atom. The number of ether oxygens (including phenoxy) is 1. The Morgan fingerprint density at radius 1 is 1.56 bits per heavy atom. The second-order valence-electron chi connectivity index (χ2n) is 3.34. The molecule has 1 rings (SSSR count). The quantitative estimate of drug-likeness (QED) is 0.650. The minimum Gasteiger partial charge on any atom is -0.383 e. The highest BCUT2D eigenvalue weighted by Gasteiger charge is 1.99. The zero-order chi connectivity index (χ0) is 11.6. The predicted molar refractivity (Wildman–Crippen MR) is 66.6 cm³/mol. The molecule has 0 saturated carbocycles. The Hall–Kier alpha value is -0.590. The lowest BCUT2D eigenvalue weighted by molar-refractivity contribution is 0.199. The fraction of sp³-hybridized carbons (Fsp3) is 0.800. The number of hydrogen-bond donors (Lipinski definition) is 1. The monoisotopic (exact) mass is 244 g/mol. The third kappa shape index (κ3) is 5.48. The van der Waals surface area contributed by atoms with Crippen LogP contribution in [0.4, 0.5) is 0 Å². The van der Waals surface area contributed by atoms with Crippen molar-refractivity contribution in [3.05, 3.63) is 11.9 Å². The van der Waals surface area contributed by atoms with Crippen molar-refractivity contribution in [1.82, 2.24) is 20.3 Å². The molecule has 0 bridgehead atoms. The van der Waals surface area contributed by atoms with Crippen molar-refractivity contribution >= 4 is 11.8 Å². The lowest BCUT2D eigenvalue weighted by atomic mass is 10.4. The van der Waals surface area contributed by atoms with Crippen molar-refractivity contribution < 1.29 is 4.74 Å². The molecule has 0 aliphatic carbocycles. The Kier molecular flexibility index (Phi) is 7.20. The molecule has 1 aromatic heterocycles. The van der Waals surface area contributed by atoms with Gasteiger partial charge in [-0.3, -0.25) is 4.68 Å². The van der Waals surface area contributed by atoms with E-state index in [9.17, 15) is 0 Å². The molecule has 0 amide bonds. The first-order valence-electron chi connectivity index (χ1n) is 5.53. The minimum absolute atomic E-state index is 0.723. The third-order valence-electron chi connectivity index (χ3n) is 2.04. The smallest absolute Gasteiger partial charge is 0.0964 e. The molecule has 0 aliphatic rings. The topological polar surface area (TPSA) is 52.0 Å². The molecule has 0 spiro atoms. The predicted octanol–water partition coefficient (Wildman–Crippen LogP) is 0.767. The fourth-order valence-electron chi connectivity index (χ4n) is 1.22. The van der Waals surface area contributed by atoms with Gasteiger partial charge in [0.15, 0.2) is 0 Å². The van der Waals surface area contributed by atoms with Crippen LogP contribution in [0, 0.1) is 0 Å².